The maximum Gasteiger partial charge on any atom is 0.246 e. The molecular weight excluding hydrogens is 1430 g/mol. The minimum absolute atomic E-state index is 0.00361. The van der Waals surface area contributed by atoms with Crippen LogP contribution in [-0.4, -0.2) is 190 Å². The number of hydrogen-bond donors (Lipinski definition) is 14. The number of halogens is 3. The van der Waals surface area contributed by atoms with Crippen LogP contribution >= 0.6 is 0 Å². The van der Waals surface area contributed by atoms with Gasteiger partial charge in [-0.2, -0.15) is 0 Å². The molecule has 1 unspecified atom stereocenters. The highest BCUT2D eigenvalue weighted by Gasteiger charge is 2.50. The molecule has 592 valence electrons. The van der Waals surface area contributed by atoms with Crippen LogP contribution in [0.1, 0.15) is 122 Å². The van der Waals surface area contributed by atoms with E-state index in [9.17, 15) is 48.3 Å². The monoisotopic (exact) mass is 1530 g/mol. The second kappa shape index (κ2) is 37.0. The predicted octanol–water partition coefficient (Wildman–Crippen LogP) is 2.75. The average molecular weight is 1530 g/mol. The molecule has 1 saturated carbocycles. The lowest BCUT2D eigenvalue weighted by Gasteiger charge is -2.37. The topological polar surface area (TPSA) is 439 Å². The minimum Gasteiger partial charge on any atom is -0.497 e. The molecule has 6 aromatic rings. The first-order valence-corrected chi connectivity index (χ1v) is 37.0. The molecule has 32 heteroatoms. The van der Waals surface area contributed by atoms with Crippen molar-refractivity contribution in [1.82, 2.24) is 62.7 Å². The molecule has 4 aromatic carbocycles. The van der Waals surface area contributed by atoms with Crippen molar-refractivity contribution < 1.29 is 85.3 Å². The molecule has 1 saturated heterocycles. The number of ether oxygens (including phenoxy) is 2. The summed E-state index contributed by atoms with van der Waals surface area (Å²) in [5.74, 6) is -14.4. The van der Waals surface area contributed by atoms with Gasteiger partial charge in [0.25, 0.3) is 0 Å². The predicted molar refractivity (Wildman–Crippen MR) is 398 cm³/mol. The number of ketones is 1. The Morgan fingerprint density at radius 2 is 1.30 bits per heavy atom. The molecule has 1 aliphatic carbocycles. The van der Waals surface area contributed by atoms with Gasteiger partial charge < -0.3 is 88.8 Å². The molecule has 2 aromatic heterocycles. The molecule has 13 atom stereocenters. The van der Waals surface area contributed by atoms with Gasteiger partial charge in [-0.05, 0) is 162 Å². The largest absolute Gasteiger partial charge is 0.497 e. The number of H-pyrrole nitrogens is 2. The van der Waals surface area contributed by atoms with E-state index in [-0.39, 0.29) is 86.7 Å². The molecule has 2 bridgehead atoms. The molecule has 11 amide bonds. The molecule has 0 spiro atoms. The van der Waals surface area contributed by atoms with Crippen LogP contribution in [0.4, 0.5) is 13.2 Å². The van der Waals surface area contributed by atoms with E-state index in [0.717, 1.165) is 0 Å². The lowest BCUT2D eigenvalue weighted by atomic mass is 9.85. The Bertz CT molecular complexity index is 4360. The summed E-state index contributed by atoms with van der Waals surface area (Å²) in [6.45, 7) is 9.03. The summed E-state index contributed by atoms with van der Waals surface area (Å²) in [5.41, 5.74) is 11.5. The summed E-state index contributed by atoms with van der Waals surface area (Å²) in [6, 6.07) is 8.01. The number of aliphatic hydroxyl groups is 1. The maximum absolute atomic E-state index is 16.3. The van der Waals surface area contributed by atoms with Crippen LogP contribution < -0.4 is 68.8 Å². The summed E-state index contributed by atoms with van der Waals surface area (Å²) in [6.07, 6.45) is -2.41. The minimum atomic E-state index is -1.90. The fourth-order valence-electron chi connectivity index (χ4n) is 14.0. The van der Waals surface area contributed by atoms with Gasteiger partial charge >= 0.3 is 0 Å². The number of benzene rings is 4. The third-order valence-electron chi connectivity index (χ3n) is 20.4. The highest BCUT2D eigenvalue weighted by atomic mass is 19.1. The zero-order valence-electron chi connectivity index (χ0n) is 62.6. The summed E-state index contributed by atoms with van der Waals surface area (Å²) >= 11 is 0. The quantitative estimate of drug-likeness (QED) is 0.0551. The molecule has 2 fully saturated rings. The van der Waals surface area contributed by atoms with Crippen molar-refractivity contribution in [2.24, 2.45) is 28.7 Å². The number of methoxy groups -OCH3 is 1. The van der Waals surface area contributed by atoms with Crippen LogP contribution in [0.2, 0.25) is 0 Å². The molecule has 0 radical (unpaired) electrons. The van der Waals surface area contributed by atoms with Crippen molar-refractivity contribution in [2.45, 2.75) is 191 Å². The van der Waals surface area contributed by atoms with Gasteiger partial charge in [0.15, 0.2) is 5.78 Å². The Kier molecular flexibility index (Phi) is 28.0. The van der Waals surface area contributed by atoms with E-state index in [1.54, 1.807) is 69.3 Å². The van der Waals surface area contributed by atoms with E-state index in [1.807, 2.05) is 0 Å². The smallest absolute Gasteiger partial charge is 0.246 e. The molecule has 3 aliphatic heterocycles. The van der Waals surface area contributed by atoms with Crippen molar-refractivity contribution in [2.75, 3.05) is 33.4 Å². The fraction of sp³-hybridized carbons (Fsp3) is 0.487. The standard InChI is InChI=1S/C78H99F3N14O15/c1-41-68(100)90-61(33-46-40-86-57-24-18-48(80)35-53(46)57)71(103)89-59(32-45-39-85-56-23-17-47(79)34-52(45)56)66(98)54-36-49(81)37-55(54)69(101)94-65(42(2)96)73(105)91-63(31-44-13-19-50(109-7)20-14-44)74(106)95-28-10-25-78(95,6)76(108)92-60(67(83)99)30-43-15-21-51(22-16-43)110-29-11-27-84-64(97)38-62(93-75(107)77(3,4)5)72(104)88-58(70(102)87-41)12-8-9-26-82/h13-24,34-35,39-42,49,54-55,58-63,65,85-86,96H,8-12,25-33,36-38,82H2,1-7H3,(H2,83,99)(H,84,97)(H,87,102)(H,88,104)(H,89,103)(H,90,100)(H,91,105)(H,92,108)(H,93,107)(H,94,101)/t41-,42-,49-,54?,55-,58+,59+,60+,61+,62+,63+,65+,78+/m1/s1. The maximum atomic E-state index is 16.3. The van der Waals surface area contributed by atoms with Crippen LogP contribution in [0, 0.1) is 28.9 Å². The number of nitrogens with two attached hydrogens (primary N) is 2. The zero-order valence-corrected chi connectivity index (χ0v) is 62.6. The fourth-order valence-corrected chi connectivity index (χ4v) is 14.0. The second-order valence-electron chi connectivity index (χ2n) is 29.8. The first-order chi connectivity index (χ1) is 52.2. The van der Waals surface area contributed by atoms with Gasteiger partial charge in [-0.15, -0.1) is 0 Å². The number of primary amides is 1. The number of carbonyl (C=O) groups excluding carboxylic acids is 12. The number of amides is 11. The molecule has 5 heterocycles. The van der Waals surface area contributed by atoms with Crippen LogP contribution in [0.5, 0.6) is 11.5 Å². The molecule has 10 rings (SSSR count). The van der Waals surface area contributed by atoms with E-state index >= 15 is 27.6 Å². The number of nitrogens with zero attached hydrogens (tertiary/aromatic N) is 1. The number of rotatable bonds is 14. The SMILES string of the molecule is COc1ccc(C[C@@H]2NC(=O)[C@H]([C@@H](C)O)NC(=O)[C@@H]3C[C@H](F)CC3C(=O)[C@H](Cc3c[nH]c4ccc(F)cc34)NC(=O)[C@H](Cc3c[nH]c4ccc(F)cc34)NC(=O)[C@@H](C)NC(=O)[C@H](CCCCN)NC(=O)[C@@H](NC(=O)C(C)(C)C)CC(=O)NCCCOc3ccc(cc3)C[C@@H](C(N)=O)NC(=O)[C@]3(C)CCCN3C2=O)cc1. The Hall–Kier alpha value is -10.9. The summed E-state index contributed by atoms with van der Waals surface area (Å²) < 4.78 is 57.7. The Morgan fingerprint density at radius 3 is 1.91 bits per heavy atom. The van der Waals surface area contributed by atoms with Crippen LogP contribution in [0.15, 0.2) is 97.3 Å². The first kappa shape index (κ1) is 83.2. The molecule has 16 N–H and O–H groups in total. The number of hydrogen-bond acceptors (Lipinski definition) is 16. The third kappa shape index (κ3) is 21.3. The van der Waals surface area contributed by atoms with Gasteiger partial charge in [0.1, 0.15) is 77.1 Å². The second-order valence-corrected chi connectivity index (χ2v) is 29.8. The molecular formula is C78H99F3N14O15. The Balaban J connectivity index is 1.07. The number of aromatic nitrogens is 2. The Labute approximate surface area is 633 Å². The van der Waals surface area contributed by atoms with Crippen LogP contribution in [0.25, 0.3) is 21.8 Å². The van der Waals surface area contributed by atoms with Gasteiger partial charge in [0.2, 0.25) is 65.0 Å². The van der Waals surface area contributed by atoms with Gasteiger partial charge in [-0.1, -0.05) is 45.0 Å². The number of aromatic amines is 2. The summed E-state index contributed by atoms with van der Waals surface area (Å²) in [5, 5.41) is 35.8. The van der Waals surface area contributed by atoms with Gasteiger partial charge in [-0.3, -0.25) is 57.5 Å². The number of carbonyl (C=O) groups is 12. The molecule has 110 heavy (non-hydrogen) atoms. The normalized spacial score (nSPS) is 25.6. The third-order valence-corrected chi connectivity index (χ3v) is 20.4. The van der Waals surface area contributed by atoms with Gasteiger partial charge in [0, 0.05) is 84.3 Å². The summed E-state index contributed by atoms with van der Waals surface area (Å²) in [7, 11) is 1.45. The highest BCUT2D eigenvalue weighted by Crippen LogP contribution is 2.37. The first-order valence-electron chi connectivity index (χ1n) is 37.0. The lowest BCUT2D eigenvalue weighted by Crippen LogP contribution is -2.63. The number of nitrogens with one attached hydrogen (secondary N) is 11. The summed E-state index contributed by atoms with van der Waals surface area (Å²) in [4.78, 5) is 182. The van der Waals surface area contributed by atoms with E-state index < -0.39 is 198 Å². The van der Waals surface area contributed by atoms with Crippen molar-refractivity contribution in [3.05, 3.63) is 131 Å². The van der Waals surface area contributed by atoms with Crippen LogP contribution in [-0.2, 0) is 83.2 Å². The molecule has 29 nitrogen and oxygen atoms in total. The van der Waals surface area contributed by atoms with Crippen molar-refractivity contribution in [1.29, 1.82) is 0 Å². The van der Waals surface area contributed by atoms with E-state index in [0.29, 0.717) is 46.5 Å². The number of unbranched alkanes of at least 4 members (excludes halogenated alkanes) is 1. The van der Waals surface area contributed by atoms with E-state index in [1.165, 1.54) is 81.6 Å². The number of alkyl halides is 1. The zero-order chi connectivity index (χ0) is 79.9. The van der Waals surface area contributed by atoms with Gasteiger partial charge in [-0.25, -0.2) is 13.2 Å². The molecule has 4 aliphatic rings. The van der Waals surface area contributed by atoms with Gasteiger partial charge in [0.05, 0.1) is 38.2 Å². The number of Topliss-reactive ketones (excluding diaryl/α,β-unsaturated/α-hetero) is 1. The van der Waals surface area contributed by atoms with E-state index in [4.69, 9.17) is 20.9 Å². The van der Waals surface area contributed by atoms with E-state index in [2.05, 4.69) is 57.8 Å². The van der Waals surface area contributed by atoms with Crippen molar-refractivity contribution in [3.63, 3.8) is 0 Å². The lowest BCUT2D eigenvalue weighted by molar-refractivity contribution is -0.147. The number of fused-ring (bicyclic) bond motifs is 33. The average Bonchev–Trinajstić information content (AvgIpc) is 1.56. The number of aliphatic hydroxyl groups excluding tert-OH is 1. The van der Waals surface area contributed by atoms with Crippen molar-refractivity contribution >= 4 is 92.6 Å². The highest BCUT2D eigenvalue weighted by molar-refractivity contribution is 6.02. The Morgan fingerprint density at radius 1 is 0.700 bits per heavy atom. The van der Waals surface area contributed by atoms with Crippen LogP contribution in [0.3, 0.4) is 0 Å². The van der Waals surface area contributed by atoms with Crippen molar-refractivity contribution in [3.8, 4) is 11.5 Å².